The second kappa shape index (κ2) is 6.53. The minimum atomic E-state index is -0.670. The number of nitrogens with zero attached hydrogens (tertiary/aromatic N) is 2. The molecule has 0 aromatic heterocycles. The lowest BCUT2D eigenvalue weighted by Gasteiger charge is -2.32. The van der Waals surface area contributed by atoms with Crippen LogP contribution in [0.4, 0.5) is 11.4 Å². The summed E-state index contributed by atoms with van der Waals surface area (Å²) in [5.41, 5.74) is 5.59. The maximum absolute atomic E-state index is 11.1. The number of nitro groups is 1. The Morgan fingerprint density at radius 1 is 1.52 bits per heavy atom. The lowest BCUT2D eigenvalue weighted by Crippen LogP contribution is -2.40. The first kappa shape index (κ1) is 15.2. The Morgan fingerprint density at radius 2 is 2.29 bits per heavy atom. The van der Waals surface area contributed by atoms with Crippen LogP contribution in [-0.2, 0) is 0 Å². The summed E-state index contributed by atoms with van der Waals surface area (Å²) in [5.74, 6) is -0.670. The zero-order chi connectivity index (χ0) is 15.4. The zero-order valence-electron chi connectivity index (χ0n) is 12.0. The van der Waals surface area contributed by atoms with E-state index >= 15 is 0 Å². The molecule has 0 bridgehead atoms. The van der Waals surface area contributed by atoms with E-state index in [0.717, 1.165) is 13.0 Å². The summed E-state index contributed by atoms with van der Waals surface area (Å²) in [4.78, 5) is 24.0. The van der Waals surface area contributed by atoms with E-state index < -0.39 is 10.8 Å². The number of hydrogen-bond donors (Lipinski definition) is 2. The molecule has 21 heavy (non-hydrogen) atoms. The van der Waals surface area contributed by atoms with E-state index in [-0.39, 0.29) is 11.3 Å². The largest absolute Gasteiger partial charge is 0.378 e. The summed E-state index contributed by atoms with van der Waals surface area (Å²) in [6, 6.07) is 4.63. The summed E-state index contributed by atoms with van der Waals surface area (Å²) in [6.45, 7) is 1.70. The van der Waals surface area contributed by atoms with E-state index in [0.29, 0.717) is 18.3 Å². The maximum atomic E-state index is 11.1. The molecule has 7 nitrogen and oxygen atoms in total. The van der Waals surface area contributed by atoms with Gasteiger partial charge in [-0.15, -0.1) is 0 Å². The molecule has 1 unspecified atom stereocenters. The number of likely N-dealkylation sites (tertiary alicyclic amines) is 1. The Bertz CT molecular complexity index is 547. The molecule has 1 atom stereocenters. The van der Waals surface area contributed by atoms with Crippen molar-refractivity contribution in [2.45, 2.75) is 25.3 Å². The van der Waals surface area contributed by atoms with Gasteiger partial charge in [0, 0.05) is 24.2 Å². The highest BCUT2D eigenvalue weighted by Crippen LogP contribution is 2.26. The maximum Gasteiger partial charge on any atom is 0.293 e. The predicted molar refractivity (Wildman–Crippen MR) is 80.4 cm³/mol. The van der Waals surface area contributed by atoms with Crippen LogP contribution in [-0.4, -0.2) is 41.9 Å². The molecule has 1 aliphatic heterocycles. The molecule has 1 aliphatic rings. The number of piperidine rings is 1. The number of rotatable bonds is 5. The molecule has 1 aromatic rings. The molecule has 0 spiro atoms. The molecule has 1 aromatic carbocycles. The van der Waals surface area contributed by atoms with Crippen molar-refractivity contribution in [2.75, 3.05) is 25.5 Å². The van der Waals surface area contributed by atoms with Crippen LogP contribution in [0.2, 0.25) is 0 Å². The molecule has 1 amide bonds. The predicted octanol–water partition coefficient (Wildman–Crippen LogP) is 1.59. The summed E-state index contributed by atoms with van der Waals surface area (Å²) >= 11 is 0. The Hall–Kier alpha value is -2.15. The SMILES string of the molecule is CN1CCCCC1CNc1ccc(C(N)=O)cc1[N+](=O)[O-]. The molecule has 1 saturated heterocycles. The zero-order valence-corrected chi connectivity index (χ0v) is 12.0. The summed E-state index contributed by atoms with van der Waals surface area (Å²) in [7, 11) is 2.07. The standard InChI is InChI=1S/C14H20N4O3/c1-17-7-3-2-4-11(17)9-16-12-6-5-10(14(15)19)8-13(12)18(20)21/h5-6,8,11,16H,2-4,7,9H2,1H3,(H2,15,19). The van der Waals surface area contributed by atoms with E-state index in [1.165, 1.54) is 25.0 Å². The first-order valence-corrected chi connectivity index (χ1v) is 7.01. The van der Waals surface area contributed by atoms with E-state index in [4.69, 9.17) is 5.73 Å². The fourth-order valence-electron chi connectivity index (χ4n) is 2.62. The molecule has 1 heterocycles. The monoisotopic (exact) mass is 292 g/mol. The van der Waals surface area contributed by atoms with Crippen molar-refractivity contribution in [1.82, 2.24) is 4.90 Å². The first-order chi connectivity index (χ1) is 9.99. The second-order valence-corrected chi connectivity index (χ2v) is 5.36. The molecule has 0 radical (unpaired) electrons. The fourth-order valence-corrected chi connectivity index (χ4v) is 2.62. The van der Waals surface area contributed by atoms with Crippen molar-refractivity contribution < 1.29 is 9.72 Å². The topological polar surface area (TPSA) is 102 Å². The average Bonchev–Trinajstić information content (AvgIpc) is 2.46. The third-order valence-corrected chi connectivity index (χ3v) is 3.93. The number of hydrogen-bond acceptors (Lipinski definition) is 5. The average molecular weight is 292 g/mol. The number of primary amides is 1. The molecular weight excluding hydrogens is 272 g/mol. The number of carbonyl (C=O) groups is 1. The van der Waals surface area contributed by atoms with Crippen LogP contribution < -0.4 is 11.1 Å². The van der Waals surface area contributed by atoms with Gasteiger partial charge in [0.05, 0.1) is 4.92 Å². The van der Waals surface area contributed by atoms with Gasteiger partial charge in [-0.3, -0.25) is 14.9 Å². The molecule has 1 fully saturated rings. The van der Waals surface area contributed by atoms with Gasteiger partial charge in [-0.05, 0) is 38.6 Å². The Morgan fingerprint density at radius 3 is 2.90 bits per heavy atom. The van der Waals surface area contributed by atoms with Gasteiger partial charge in [-0.25, -0.2) is 0 Å². The summed E-state index contributed by atoms with van der Waals surface area (Å²) < 4.78 is 0. The van der Waals surface area contributed by atoms with Crippen LogP contribution in [0, 0.1) is 10.1 Å². The minimum Gasteiger partial charge on any atom is -0.378 e. The minimum absolute atomic E-state index is 0.121. The fraction of sp³-hybridized carbons (Fsp3) is 0.500. The van der Waals surface area contributed by atoms with Crippen molar-refractivity contribution in [2.24, 2.45) is 5.73 Å². The highest BCUT2D eigenvalue weighted by Gasteiger charge is 2.21. The van der Waals surface area contributed by atoms with E-state index in [1.807, 2.05) is 0 Å². The van der Waals surface area contributed by atoms with Crippen molar-refractivity contribution in [3.8, 4) is 0 Å². The Labute approximate surface area is 123 Å². The van der Waals surface area contributed by atoms with Crippen molar-refractivity contribution in [3.63, 3.8) is 0 Å². The Balaban J connectivity index is 2.11. The number of likely N-dealkylation sites (N-methyl/N-ethyl adjacent to an activating group) is 1. The van der Waals surface area contributed by atoms with E-state index in [1.54, 1.807) is 6.07 Å². The molecule has 7 heteroatoms. The van der Waals surface area contributed by atoms with Gasteiger partial charge in [0.1, 0.15) is 5.69 Å². The Kier molecular flexibility index (Phi) is 4.74. The molecule has 114 valence electrons. The quantitative estimate of drug-likeness (QED) is 0.634. The third-order valence-electron chi connectivity index (χ3n) is 3.93. The number of nitrogens with one attached hydrogen (secondary N) is 1. The highest BCUT2D eigenvalue weighted by molar-refractivity contribution is 5.94. The van der Waals surface area contributed by atoms with Crippen LogP contribution in [0.15, 0.2) is 18.2 Å². The third kappa shape index (κ3) is 3.69. The van der Waals surface area contributed by atoms with Gasteiger partial charge in [-0.2, -0.15) is 0 Å². The molecular formula is C14H20N4O3. The normalized spacial score (nSPS) is 19.2. The van der Waals surface area contributed by atoms with Gasteiger partial charge < -0.3 is 16.0 Å². The van der Waals surface area contributed by atoms with Crippen LogP contribution in [0.3, 0.4) is 0 Å². The van der Waals surface area contributed by atoms with Gasteiger partial charge >= 0.3 is 0 Å². The van der Waals surface area contributed by atoms with Crippen LogP contribution in [0.25, 0.3) is 0 Å². The summed E-state index contributed by atoms with van der Waals surface area (Å²) in [6.07, 6.45) is 3.45. The van der Waals surface area contributed by atoms with Crippen molar-refractivity contribution in [3.05, 3.63) is 33.9 Å². The van der Waals surface area contributed by atoms with Gasteiger partial charge in [0.2, 0.25) is 5.91 Å². The van der Waals surface area contributed by atoms with Gasteiger partial charge in [0.15, 0.2) is 0 Å². The van der Waals surface area contributed by atoms with Crippen molar-refractivity contribution >= 4 is 17.3 Å². The van der Waals surface area contributed by atoms with E-state index in [9.17, 15) is 14.9 Å². The number of benzene rings is 1. The molecule has 2 rings (SSSR count). The molecule has 0 aliphatic carbocycles. The first-order valence-electron chi connectivity index (χ1n) is 7.01. The molecule has 3 N–H and O–H groups in total. The smallest absolute Gasteiger partial charge is 0.293 e. The number of nitrogens with two attached hydrogens (primary N) is 1. The number of nitro benzene ring substituents is 1. The number of anilines is 1. The van der Waals surface area contributed by atoms with E-state index in [2.05, 4.69) is 17.3 Å². The van der Waals surface area contributed by atoms with Gasteiger partial charge in [0.25, 0.3) is 5.69 Å². The van der Waals surface area contributed by atoms with Crippen LogP contribution in [0.5, 0.6) is 0 Å². The van der Waals surface area contributed by atoms with Gasteiger partial charge in [-0.1, -0.05) is 6.42 Å². The number of carbonyl (C=O) groups excluding carboxylic acids is 1. The summed E-state index contributed by atoms with van der Waals surface area (Å²) in [5, 5.41) is 14.2. The van der Waals surface area contributed by atoms with Crippen LogP contribution in [0.1, 0.15) is 29.6 Å². The molecule has 0 saturated carbocycles. The highest BCUT2D eigenvalue weighted by atomic mass is 16.6. The second-order valence-electron chi connectivity index (χ2n) is 5.36. The van der Waals surface area contributed by atoms with Crippen LogP contribution >= 0.6 is 0 Å². The van der Waals surface area contributed by atoms with Crippen molar-refractivity contribution in [1.29, 1.82) is 0 Å². The lowest BCUT2D eigenvalue weighted by atomic mass is 10.0. The lowest BCUT2D eigenvalue weighted by molar-refractivity contribution is -0.384. The number of amides is 1.